The van der Waals surface area contributed by atoms with E-state index in [1.165, 1.54) is 0 Å². The molecule has 2 aromatic carbocycles. The summed E-state index contributed by atoms with van der Waals surface area (Å²) in [6, 6.07) is 15.1. The molecule has 0 aromatic heterocycles. The standard InChI is InChI=1S/C17H12ClN2OSe/c1-11-5-7-14(8-6-11)20-16(21)15(19-17(20)22)10-12-3-2-4-13(18)9-12/h2-10H,1H3/b15-10-. The van der Waals surface area contributed by atoms with Gasteiger partial charge < -0.3 is 0 Å². The SMILES string of the molecule is Cc1ccc(N2C(=O)/C(=C/c3cccc(Cl)c3)N=C2[Se])cc1. The summed E-state index contributed by atoms with van der Waals surface area (Å²) in [5.74, 6) is -0.155. The van der Waals surface area contributed by atoms with Crippen LogP contribution in [0.25, 0.3) is 6.08 Å². The molecule has 0 atom stereocenters. The van der Waals surface area contributed by atoms with E-state index in [9.17, 15) is 4.79 Å². The van der Waals surface area contributed by atoms with Crippen molar-refractivity contribution in [1.82, 2.24) is 0 Å². The van der Waals surface area contributed by atoms with Crippen LogP contribution >= 0.6 is 11.6 Å². The van der Waals surface area contributed by atoms with E-state index in [0.717, 1.165) is 16.8 Å². The first kappa shape index (κ1) is 15.0. The molecular formula is C17H12ClN2OSe. The second-order valence-corrected chi connectivity index (χ2v) is 6.16. The number of rotatable bonds is 2. The van der Waals surface area contributed by atoms with Gasteiger partial charge >= 0.3 is 142 Å². The Hall–Kier alpha value is -1.87. The van der Waals surface area contributed by atoms with Gasteiger partial charge in [-0.25, -0.2) is 0 Å². The zero-order valence-electron chi connectivity index (χ0n) is 11.8. The van der Waals surface area contributed by atoms with Crippen molar-refractivity contribution in [1.29, 1.82) is 0 Å². The summed E-state index contributed by atoms with van der Waals surface area (Å²) >= 11 is 8.82. The molecule has 2 aromatic rings. The number of aryl methyl sites for hydroxylation is 1. The molecule has 3 nitrogen and oxygen atoms in total. The van der Waals surface area contributed by atoms with Crippen molar-refractivity contribution in [3.05, 3.63) is 70.4 Å². The molecule has 0 saturated heterocycles. The van der Waals surface area contributed by atoms with Gasteiger partial charge in [0, 0.05) is 0 Å². The molecule has 0 bridgehead atoms. The van der Waals surface area contributed by atoms with E-state index in [1.807, 2.05) is 43.3 Å². The van der Waals surface area contributed by atoms with E-state index in [1.54, 1.807) is 23.1 Å². The molecule has 0 aliphatic carbocycles. The maximum atomic E-state index is 12.6. The monoisotopic (exact) mass is 375 g/mol. The molecule has 0 spiro atoms. The number of carbonyl (C=O) groups excluding carboxylic acids is 1. The molecule has 0 saturated carbocycles. The van der Waals surface area contributed by atoms with Crippen LogP contribution in [0.2, 0.25) is 5.02 Å². The van der Waals surface area contributed by atoms with Crippen LogP contribution in [-0.2, 0) is 4.79 Å². The molecule has 0 N–H and O–H groups in total. The van der Waals surface area contributed by atoms with Crippen LogP contribution in [0, 0.1) is 6.92 Å². The predicted molar refractivity (Wildman–Crippen MR) is 91.3 cm³/mol. The van der Waals surface area contributed by atoms with Crippen LogP contribution < -0.4 is 4.90 Å². The summed E-state index contributed by atoms with van der Waals surface area (Å²) in [5, 5.41) is 0.627. The first-order valence-electron chi connectivity index (χ1n) is 6.69. The minimum absolute atomic E-state index is 0.155. The number of halogens is 1. The number of hydrogen-bond acceptors (Lipinski definition) is 2. The van der Waals surface area contributed by atoms with Gasteiger partial charge in [0.1, 0.15) is 0 Å². The molecule has 1 aliphatic heterocycles. The topological polar surface area (TPSA) is 32.7 Å². The summed E-state index contributed by atoms with van der Waals surface area (Å²) in [6.07, 6.45) is 1.74. The molecule has 1 radical (unpaired) electrons. The summed E-state index contributed by atoms with van der Waals surface area (Å²) in [6.45, 7) is 2.01. The molecule has 1 amide bonds. The summed E-state index contributed by atoms with van der Waals surface area (Å²) in [5.41, 5.74) is 3.17. The first-order valence-corrected chi connectivity index (χ1v) is 7.92. The van der Waals surface area contributed by atoms with Crippen molar-refractivity contribution in [2.45, 2.75) is 6.92 Å². The van der Waals surface area contributed by atoms with E-state index in [4.69, 9.17) is 11.6 Å². The Bertz CT molecular complexity index is 797. The molecule has 109 valence electrons. The van der Waals surface area contributed by atoms with Gasteiger partial charge in [0.05, 0.1) is 0 Å². The number of benzene rings is 2. The number of hydrogen-bond donors (Lipinski definition) is 0. The maximum absolute atomic E-state index is 12.6. The number of amidine groups is 1. The zero-order valence-corrected chi connectivity index (χ0v) is 14.3. The number of nitrogens with zero attached hydrogens (tertiary/aromatic N) is 2. The Labute approximate surface area is 142 Å². The van der Waals surface area contributed by atoms with Gasteiger partial charge in [-0.05, 0) is 0 Å². The summed E-state index contributed by atoms with van der Waals surface area (Å²) in [7, 11) is 0. The minimum atomic E-state index is -0.155. The molecule has 3 rings (SSSR count). The van der Waals surface area contributed by atoms with Crippen LogP contribution in [-0.4, -0.2) is 26.7 Å². The van der Waals surface area contributed by atoms with Crippen molar-refractivity contribution in [2.24, 2.45) is 4.99 Å². The fourth-order valence-corrected chi connectivity index (χ4v) is 2.97. The fraction of sp³-hybridized carbons (Fsp3) is 0.0588. The van der Waals surface area contributed by atoms with Crippen LogP contribution in [0.3, 0.4) is 0 Å². The average Bonchev–Trinajstić information content (AvgIpc) is 2.75. The average molecular weight is 375 g/mol. The van der Waals surface area contributed by atoms with Gasteiger partial charge in [-0.1, -0.05) is 0 Å². The van der Waals surface area contributed by atoms with Crippen molar-refractivity contribution in [2.75, 3.05) is 4.90 Å². The van der Waals surface area contributed by atoms with E-state index in [-0.39, 0.29) is 5.91 Å². The van der Waals surface area contributed by atoms with Crippen LogP contribution in [0.15, 0.2) is 59.2 Å². The quantitative estimate of drug-likeness (QED) is 0.584. The second kappa shape index (κ2) is 6.09. The molecule has 0 fully saturated rings. The van der Waals surface area contributed by atoms with Crippen LogP contribution in [0.4, 0.5) is 5.69 Å². The first-order chi connectivity index (χ1) is 10.5. The van der Waals surface area contributed by atoms with Gasteiger partial charge in [-0.2, -0.15) is 0 Å². The van der Waals surface area contributed by atoms with E-state index < -0.39 is 0 Å². The van der Waals surface area contributed by atoms with Crippen LogP contribution in [0.1, 0.15) is 11.1 Å². The molecule has 0 unspecified atom stereocenters. The number of anilines is 1. The third kappa shape index (κ3) is 3.00. The summed E-state index contributed by atoms with van der Waals surface area (Å²) < 4.78 is 0.544. The third-order valence-corrected chi connectivity index (χ3v) is 4.08. The van der Waals surface area contributed by atoms with Crippen molar-refractivity contribution >= 4 is 50.0 Å². The Morgan fingerprint density at radius 2 is 1.91 bits per heavy atom. The van der Waals surface area contributed by atoms with Gasteiger partial charge in [0.25, 0.3) is 0 Å². The van der Waals surface area contributed by atoms with Crippen LogP contribution in [0.5, 0.6) is 0 Å². The van der Waals surface area contributed by atoms with Gasteiger partial charge in [0.15, 0.2) is 0 Å². The Balaban J connectivity index is 1.94. The molecule has 1 aliphatic rings. The fourth-order valence-electron chi connectivity index (χ4n) is 2.17. The van der Waals surface area contributed by atoms with Crippen molar-refractivity contribution < 1.29 is 4.79 Å². The second-order valence-electron chi connectivity index (χ2n) is 4.96. The molecular weight excluding hydrogens is 363 g/mol. The third-order valence-electron chi connectivity index (χ3n) is 3.27. The van der Waals surface area contributed by atoms with E-state index >= 15 is 0 Å². The molecule has 22 heavy (non-hydrogen) atoms. The van der Waals surface area contributed by atoms with Gasteiger partial charge in [-0.3, -0.25) is 0 Å². The number of aliphatic imine (C=N–C) groups is 1. The van der Waals surface area contributed by atoms with Crippen molar-refractivity contribution in [3.63, 3.8) is 0 Å². The molecule has 1 heterocycles. The summed E-state index contributed by atoms with van der Waals surface area (Å²) in [4.78, 5) is 18.5. The normalized spacial score (nSPS) is 16.3. The Morgan fingerprint density at radius 3 is 2.59 bits per heavy atom. The Kier molecular flexibility index (Phi) is 4.16. The van der Waals surface area contributed by atoms with Gasteiger partial charge in [0.2, 0.25) is 0 Å². The van der Waals surface area contributed by atoms with E-state index in [2.05, 4.69) is 21.0 Å². The Morgan fingerprint density at radius 1 is 1.18 bits per heavy atom. The molecule has 5 heteroatoms. The van der Waals surface area contributed by atoms with Crippen molar-refractivity contribution in [3.8, 4) is 0 Å². The van der Waals surface area contributed by atoms with Gasteiger partial charge in [-0.15, -0.1) is 0 Å². The number of carbonyl (C=O) groups is 1. The number of amides is 1. The van der Waals surface area contributed by atoms with E-state index in [0.29, 0.717) is 15.5 Å². The zero-order chi connectivity index (χ0) is 15.7. The predicted octanol–water partition coefficient (Wildman–Crippen LogP) is 3.56.